The van der Waals surface area contributed by atoms with E-state index in [1.165, 1.54) is 20.0 Å². The van der Waals surface area contributed by atoms with Gasteiger partial charge < -0.3 is 14.8 Å². The molecule has 1 N–H and O–H groups in total. The molecule has 0 radical (unpaired) electrons. The number of esters is 1. The zero-order valence-electron chi connectivity index (χ0n) is 15.2. The molecule has 6 heteroatoms. The number of carbonyl (C=O) groups is 1. The Balaban J connectivity index is 1.91. The van der Waals surface area contributed by atoms with E-state index in [1.54, 1.807) is 0 Å². The molecule has 2 atom stereocenters. The van der Waals surface area contributed by atoms with E-state index in [9.17, 15) is 4.79 Å². The number of hydrogen-bond donors (Lipinski definition) is 1. The third-order valence-corrected chi connectivity index (χ3v) is 5.13. The molecule has 2 aromatic rings. The highest BCUT2D eigenvalue weighted by molar-refractivity contribution is 6.30. The van der Waals surface area contributed by atoms with Crippen LogP contribution in [0.2, 0.25) is 10.0 Å². The molecule has 4 nitrogen and oxygen atoms in total. The molecule has 0 bridgehead atoms. The average Bonchev–Trinajstić information content (AvgIpc) is 3.49. The monoisotopic (exact) mass is 407 g/mol. The maximum absolute atomic E-state index is 11.7. The van der Waals surface area contributed by atoms with Crippen LogP contribution in [0.3, 0.4) is 0 Å². The lowest BCUT2D eigenvalue weighted by Gasteiger charge is -2.29. The number of benzene rings is 2. The minimum Gasteiger partial charge on any atom is -0.467 e. The van der Waals surface area contributed by atoms with Gasteiger partial charge in [-0.05, 0) is 60.7 Å². The summed E-state index contributed by atoms with van der Waals surface area (Å²) in [5.74, 6) is 0.277. The Morgan fingerprint density at radius 1 is 1.11 bits per heavy atom. The van der Waals surface area contributed by atoms with Crippen molar-refractivity contribution in [2.45, 2.75) is 25.0 Å². The summed E-state index contributed by atoms with van der Waals surface area (Å²) in [5.41, 5.74) is 1.93. The van der Waals surface area contributed by atoms with E-state index < -0.39 is 12.1 Å². The third kappa shape index (κ3) is 5.94. The van der Waals surface area contributed by atoms with Crippen molar-refractivity contribution in [3.05, 3.63) is 69.7 Å². The van der Waals surface area contributed by atoms with E-state index in [2.05, 4.69) is 5.32 Å². The van der Waals surface area contributed by atoms with Crippen molar-refractivity contribution in [2.24, 2.45) is 5.92 Å². The van der Waals surface area contributed by atoms with Crippen LogP contribution in [0.15, 0.2) is 48.5 Å². The van der Waals surface area contributed by atoms with E-state index in [0.29, 0.717) is 16.0 Å². The molecule has 0 aliphatic heterocycles. The zero-order chi connectivity index (χ0) is 19.2. The molecule has 0 spiro atoms. The smallest absolute Gasteiger partial charge is 0.331 e. The summed E-state index contributed by atoms with van der Waals surface area (Å²) in [5, 5.41) is 4.91. The first-order chi connectivity index (χ1) is 13.1. The van der Waals surface area contributed by atoms with Gasteiger partial charge >= 0.3 is 5.97 Å². The molecule has 0 saturated heterocycles. The van der Waals surface area contributed by atoms with Gasteiger partial charge in [-0.1, -0.05) is 47.5 Å². The minimum atomic E-state index is -0.418. The van der Waals surface area contributed by atoms with Crippen LogP contribution < -0.4 is 5.32 Å². The molecular weight excluding hydrogens is 385 g/mol. The van der Waals surface area contributed by atoms with Crippen molar-refractivity contribution in [1.29, 1.82) is 0 Å². The maximum atomic E-state index is 11.7. The van der Waals surface area contributed by atoms with E-state index in [0.717, 1.165) is 17.7 Å². The lowest BCUT2D eigenvalue weighted by atomic mass is 9.95. The van der Waals surface area contributed by atoms with Crippen molar-refractivity contribution in [2.75, 3.05) is 20.3 Å². The van der Waals surface area contributed by atoms with Crippen LogP contribution in [0.5, 0.6) is 0 Å². The summed E-state index contributed by atoms with van der Waals surface area (Å²) in [4.78, 5) is 11.7. The van der Waals surface area contributed by atoms with Gasteiger partial charge in [-0.15, -0.1) is 0 Å². The Labute approximate surface area is 169 Å². The number of rotatable bonds is 9. The third-order valence-electron chi connectivity index (χ3n) is 4.64. The van der Waals surface area contributed by atoms with Gasteiger partial charge in [0.15, 0.2) is 0 Å². The number of carbonyl (C=O) groups excluding carboxylic acids is 1. The van der Waals surface area contributed by atoms with Crippen LogP contribution in [0.25, 0.3) is 0 Å². The largest absolute Gasteiger partial charge is 0.467 e. The van der Waals surface area contributed by atoms with Crippen molar-refractivity contribution in [3.8, 4) is 0 Å². The number of ether oxygens (including phenoxy) is 2. The fraction of sp³-hybridized carbons (Fsp3) is 0.381. The van der Waals surface area contributed by atoms with Crippen molar-refractivity contribution < 1.29 is 14.3 Å². The standard InChI is InChI=1S/C21H23Cl2NO3/c1-26-19(25)13-27-21(16-3-2-4-18(23)11-16)20(24-12-14-5-6-14)15-7-9-17(22)10-8-15/h2-4,7-11,14,20-21,24H,5-6,12-13H2,1H3/t20?,21-/m0/s1. The molecule has 0 heterocycles. The molecule has 1 aliphatic carbocycles. The van der Waals surface area contributed by atoms with Gasteiger partial charge in [0.1, 0.15) is 12.7 Å². The van der Waals surface area contributed by atoms with Gasteiger partial charge in [0, 0.05) is 10.0 Å². The Kier molecular flexibility index (Phi) is 7.13. The Bertz CT molecular complexity index is 762. The molecule has 1 fully saturated rings. The number of methoxy groups -OCH3 is 1. The van der Waals surface area contributed by atoms with E-state index >= 15 is 0 Å². The molecule has 1 saturated carbocycles. The van der Waals surface area contributed by atoms with Gasteiger partial charge in [-0.3, -0.25) is 0 Å². The predicted molar refractivity (Wildman–Crippen MR) is 107 cm³/mol. The first kappa shape index (κ1) is 20.2. The van der Waals surface area contributed by atoms with Gasteiger partial charge in [0.05, 0.1) is 13.2 Å². The number of halogens is 2. The fourth-order valence-electron chi connectivity index (χ4n) is 2.97. The van der Waals surface area contributed by atoms with Gasteiger partial charge in [-0.2, -0.15) is 0 Å². The first-order valence-corrected chi connectivity index (χ1v) is 9.75. The van der Waals surface area contributed by atoms with Crippen molar-refractivity contribution in [3.63, 3.8) is 0 Å². The van der Waals surface area contributed by atoms with Crippen LogP contribution in [-0.2, 0) is 14.3 Å². The Morgan fingerprint density at radius 2 is 1.85 bits per heavy atom. The number of nitrogens with one attached hydrogen (secondary N) is 1. The second-order valence-electron chi connectivity index (χ2n) is 6.74. The summed E-state index contributed by atoms with van der Waals surface area (Å²) >= 11 is 12.3. The Hall–Kier alpha value is -1.59. The lowest BCUT2D eigenvalue weighted by Crippen LogP contribution is -2.31. The summed E-state index contributed by atoms with van der Waals surface area (Å²) in [6.45, 7) is 0.759. The molecular formula is C21H23Cl2NO3. The topological polar surface area (TPSA) is 47.6 Å². The highest BCUT2D eigenvalue weighted by Gasteiger charge is 2.29. The second-order valence-corrected chi connectivity index (χ2v) is 7.62. The fourth-order valence-corrected chi connectivity index (χ4v) is 3.30. The SMILES string of the molecule is COC(=O)CO[C@@H](c1cccc(Cl)c1)C(NCC1CC1)c1ccc(Cl)cc1. The molecule has 2 aromatic carbocycles. The molecule has 27 heavy (non-hydrogen) atoms. The highest BCUT2D eigenvalue weighted by Crippen LogP contribution is 2.36. The summed E-state index contributed by atoms with van der Waals surface area (Å²) < 4.78 is 10.7. The van der Waals surface area contributed by atoms with Crippen molar-refractivity contribution >= 4 is 29.2 Å². The molecule has 0 amide bonds. The van der Waals surface area contributed by atoms with Crippen LogP contribution in [0.1, 0.15) is 36.1 Å². The molecule has 1 unspecified atom stereocenters. The zero-order valence-corrected chi connectivity index (χ0v) is 16.7. The summed E-state index contributed by atoms with van der Waals surface area (Å²) in [7, 11) is 1.35. The molecule has 1 aliphatic rings. The Morgan fingerprint density at radius 3 is 2.48 bits per heavy atom. The normalized spacial score (nSPS) is 16.0. The van der Waals surface area contributed by atoms with Gasteiger partial charge in [0.25, 0.3) is 0 Å². The van der Waals surface area contributed by atoms with Crippen LogP contribution in [-0.4, -0.2) is 26.2 Å². The summed E-state index contributed by atoms with van der Waals surface area (Å²) in [6, 6.07) is 15.0. The quantitative estimate of drug-likeness (QED) is 0.596. The van der Waals surface area contributed by atoms with Crippen molar-refractivity contribution in [1.82, 2.24) is 5.32 Å². The molecule has 3 rings (SSSR count). The first-order valence-electron chi connectivity index (χ1n) is 8.99. The molecule has 0 aromatic heterocycles. The van der Waals surface area contributed by atoms with Gasteiger partial charge in [0.2, 0.25) is 0 Å². The lowest BCUT2D eigenvalue weighted by molar-refractivity contribution is -0.148. The van der Waals surface area contributed by atoms with Crippen LogP contribution in [0.4, 0.5) is 0 Å². The van der Waals surface area contributed by atoms with Gasteiger partial charge in [-0.25, -0.2) is 4.79 Å². The van der Waals surface area contributed by atoms with Crippen LogP contribution in [0, 0.1) is 5.92 Å². The van der Waals surface area contributed by atoms with Crippen LogP contribution >= 0.6 is 23.2 Å². The predicted octanol–water partition coefficient (Wildman–Crippen LogP) is 4.97. The summed E-state index contributed by atoms with van der Waals surface area (Å²) in [6.07, 6.45) is 2.08. The molecule has 144 valence electrons. The van der Waals surface area contributed by atoms with E-state index in [4.69, 9.17) is 32.7 Å². The van der Waals surface area contributed by atoms with E-state index in [-0.39, 0.29) is 12.6 Å². The average molecular weight is 408 g/mol. The maximum Gasteiger partial charge on any atom is 0.331 e. The minimum absolute atomic E-state index is 0.136. The second kappa shape index (κ2) is 9.56. The number of hydrogen-bond acceptors (Lipinski definition) is 4. The highest BCUT2D eigenvalue weighted by atomic mass is 35.5. The van der Waals surface area contributed by atoms with E-state index in [1.807, 2.05) is 48.5 Å².